The van der Waals surface area contributed by atoms with E-state index in [4.69, 9.17) is 5.11 Å². The van der Waals surface area contributed by atoms with Crippen molar-refractivity contribution in [2.75, 3.05) is 18.1 Å². The number of carbonyl (C=O) groups is 2. The van der Waals surface area contributed by atoms with Gasteiger partial charge in [-0.15, -0.1) is 23.1 Å². The maximum atomic E-state index is 11.7. The summed E-state index contributed by atoms with van der Waals surface area (Å²) in [7, 11) is 0. The molecule has 1 aromatic heterocycles. The molecule has 1 heterocycles. The number of rotatable bonds is 6. The molecule has 1 aromatic rings. The van der Waals surface area contributed by atoms with Crippen LogP contribution in [0.3, 0.4) is 0 Å². The summed E-state index contributed by atoms with van der Waals surface area (Å²) in [5, 5.41) is 13.1. The molecule has 0 fully saturated rings. The van der Waals surface area contributed by atoms with Crippen LogP contribution in [0.4, 0.5) is 0 Å². The number of aryl methyl sites for hydroxylation is 1. The number of aliphatic carboxylic acids is 1. The number of carboxylic acids is 1. The molecule has 0 aliphatic carbocycles. The molecular weight excluding hydrogens is 258 g/mol. The number of nitrogens with one attached hydrogen (secondary N) is 1. The molecule has 0 radical (unpaired) electrons. The monoisotopic (exact) mass is 273 g/mol. The first-order valence-electron chi connectivity index (χ1n) is 5.14. The summed E-state index contributed by atoms with van der Waals surface area (Å²) in [5.74, 6) is -0.222. The highest BCUT2D eigenvalue weighted by Gasteiger charge is 2.11. The topological polar surface area (TPSA) is 66.4 Å². The van der Waals surface area contributed by atoms with Gasteiger partial charge in [0.2, 0.25) is 0 Å². The van der Waals surface area contributed by atoms with Crippen molar-refractivity contribution >= 4 is 35.0 Å². The smallest absolute Gasteiger partial charge is 0.313 e. The highest BCUT2D eigenvalue weighted by atomic mass is 32.2. The van der Waals surface area contributed by atoms with Gasteiger partial charge in [0.05, 0.1) is 11.3 Å². The fourth-order valence-electron chi connectivity index (χ4n) is 1.23. The van der Waals surface area contributed by atoms with Crippen molar-refractivity contribution in [1.82, 2.24) is 5.32 Å². The average Bonchev–Trinajstić information content (AvgIpc) is 2.59. The van der Waals surface area contributed by atoms with Crippen molar-refractivity contribution < 1.29 is 14.7 Å². The van der Waals surface area contributed by atoms with Crippen molar-refractivity contribution in [3.63, 3.8) is 0 Å². The first-order chi connectivity index (χ1) is 8.02. The van der Waals surface area contributed by atoms with Gasteiger partial charge in [0.15, 0.2) is 0 Å². The second kappa shape index (κ2) is 6.66. The molecule has 0 saturated carbocycles. The zero-order chi connectivity index (χ0) is 12.8. The quantitative estimate of drug-likeness (QED) is 0.777. The molecule has 1 rings (SSSR count). The Kier molecular flexibility index (Phi) is 5.50. The summed E-state index contributed by atoms with van der Waals surface area (Å²) in [5.41, 5.74) is 1.74. The number of amides is 1. The van der Waals surface area contributed by atoms with Gasteiger partial charge in [-0.05, 0) is 19.4 Å². The average molecular weight is 273 g/mol. The molecule has 0 bridgehead atoms. The molecule has 94 valence electrons. The van der Waals surface area contributed by atoms with Gasteiger partial charge in [-0.2, -0.15) is 0 Å². The van der Waals surface area contributed by atoms with Crippen LogP contribution in [-0.2, 0) is 4.79 Å². The van der Waals surface area contributed by atoms with Crippen LogP contribution in [0.1, 0.15) is 20.8 Å². The van der Waals surface area contributed by atoms with Crippen LogP contribution < -0.4 is 5.32 Å². The van der Waals surface area contributed by atoms with Gasteiger partial charge in [0, 0.05) is 22.6 Å². The van der Waals surface area contributed by atoms with E-state index >= 15 is 0 Å². The summed E-state index contributed by atoms with van der Waals surface area (Å²) in [4.78, 5) is 23.2. The van der Waals surface area contributed by atoms with E-state index in [1.165, 1.54) is 11.8 Å². The van der Waals surface area contributed by atoms with E-state index in [2.05, 4.69) is 5.32 Å². The van der Waals surface area contributed by atoms with Gasteiger partial charge in [-0.25, -0.2) is 0 Å². The molecule has 0 spiro atoms. The van der Waals surface area contributed by atoms with E-state index in [1.807, 2.05) is 19.2 Å². The number of hydrogen-bond acceptors (Lipinski definition) is 4. The molecule has 4 nitrogen and oxygen atoms in total. The van der Waals surface area contributed by atoms with Crippen molar-refractivity contribution in [2.24, 2.45) is 0 Å². The Morgan fingerprint density at radius 3 is 2.71 bits per heavy atom. The molecule has 0 saturated heterocycles. The molecule has 0 aliphatic heterocycles. The summed E-state index contributed by atoms with van der Waals surface area (Å²) in [6, 6.07) is 0. The molecule has 6 heteroatoms. The Bertz CT molecular complexity index is 415. The number of carbonyl (C=O) groups excluding carboxylic acids is 1. The van der Waals surface area contributed by atoms with Gasteiger partial charge in [-0.1, -0.05) is 0 Å². The third-order valence-electron chi connectivity index (χ3n) is 2.29. The Balaban J connectivity index is 2.31. The van der Waals surface area contributed by atoms with Crippen LogP contribution in [0.5, 0.6) is 0 Å². The summed E-state index contributed by atoms with van der Waals surface area (Å²) in [6.45, 7) is 4.41. The van der Waals surface area contributed by atoms with Crippen LogP contribution in [0.15, 0.2) is 5.38 Å². The van der Waals surface area contributed by atoms with Crippen LogP contribution in [0, 0.1) is 13.8 Å². The second-order valence-electron chi connectivity index (χ2n) is 3.53. The predicted molar refractivity (Wildman–Crippen MR) is 71.1 cm³/mol. The molecular formula is C11H15NO3S2. The van der Waals surface area contributed by atoms with E-state index in [-0.39, 0.29) is 11.7 Å². The lowest BCUT2D eigenvalue weighted by Crippen LogP contribution is -2.26. The Labute approximate surface area is 108 Å². The summed E-state index contributed by atoms with van der Waals surface area (Å²) < 4.78 is 0. The third-order valence-corrected chi connectivity index (χ3v) is 4.24. The van der Waals surface area contributed by atoms with Crippen LogP contribution in [0.25, 0.3) is 0 Å². The van der Waals surface area contributed by atoms with E-state index in [9.17, 15) is 9.59 Å². The lowest BCUT2D eigenvalue weighted by Gasteiger charge is -2.04. The zero-order valence-corrected chi connectivity index (χ0v) is 11.4. The lowest BCUT2D eigenvalue weighted by atomic mass is 10.2. The standard InChI is InChI=1S/C11H15NO3S2/c1-7-8(2)17-5-9(7)11(15)12-3-4-16-6-10(13)14/h5H,3-4,6H2,1-2H3,(H,12,15)(H,13,14). The minimum atomic E-state index is -0.828. The van der Waals surface area contributed by atoms with Crippen molar-refractivity contribution in [2.45, 2.75) is 13.8 Å². The predicted octanol–water partition coefficient (Wildman–Crippen LogP) is 1.91. The van der Waals surface area contributed by atoms with Crippen molar-refractivity contribution in [3.05, 3.63) is 21.4 Å². The normalized spacial score (nSPS) is 10.2. The van der Waals surface area contributed by atoms with E-state index < -0.39 is 5.97 Å². The fourth-order valence-corrected chi connectivity index (χ4v) is 2.66. The lowest BCUT2D eigenvalue weighted by molar-refractivity contribution is -0.133. The second-order valence-corrected chi connectivity index (χ2v) is 5.72. The zero-order valence-electron chi connectivity index (χ0n) is 9.78. The Morgan fingerprint density at radius 2 is 2.18 bits per heavy atom. The maximum absolute atomic E-state index is 11.7. The van der Waals surface area contributed by atoms with Crippen molar-refractivity contribution in [1.29, 1.82) is 0 Å². The Morgan fingerprint density at radius 1 is 1.47 bits per heavy atom. The SMILES string of the molecule is Cc1scc(C(=O)NCCSCC(=O)O)c1C. The molecule has 1 amide bonds. The van der Waals surface area contributed by atoms with E-state index in [0.29, 0.717) is 12.3 Å². The molecule has 17 heavy (non-hydrogen) atoms. The number of thioether (sulfide) groups is 1. The third kappa shape index (κ3) is 4.40. The molecule has 0 unspecified atom stereocenters. The van der Waals surface area contributed by atoms with Gasteiger partial charge >= 0.3 is 5.97 Å². The maximum Gasteiger partial charge on any atom is 0.313 e. The Hall–Kier alpha value is -1.01. The molecule has 0 atom stereocenters. The molecule has 0 aromatic carbocycles. The number of thiophene rings is 1. The van der Waals surface area contributed by atoms with Gasteiger partial charge in [0.1, 0.15) is 0 Å². The molecule has 2 N–H and O–H groups in total. The minimum absolute atomic E-state index is 0.0759. The highest BCUT2D eigenvalue weighted by Crippen LogP contribution is 2.20. The van der Waals surface area contributed by atoms with Crippen LogP contribution in [0.2, 0.25) is 0 Å². The highest BCUT2D eigenvalue weighted by molar-refractivity contribution is 7.99. The summed E-state index contributed by atoms with van der Waals surface area (Å²) in [6.07, 6.45) is 0. The minimum Gasteiger partial charge on any atom is -0.481 e. The first-order valence-corrected chi connectivity index (χ1v) is 7.18. The van der Waals surface area contributed by atoms with E-state index in [0.717, 1.165) is 16.0 Å². The summed E-state index contributed by atoms with van der Waals surface area (Å²) >= 11 is 2.86. The first kappa shape index (κ1) is 14.1. The largest absolute Gasteiger partial charge is 0.481 e. The van der Waals surface area contributed by atoms with Crippen LogP contribution in [-0.4, -0.2) is 35.0 Å². The number of hydrogen-bond donors (Lipinski definition) is 2. The van der Waals surface area contributed by atoms with Gasteiger partial charge in [-0.3, -0.25) is 9.59 Å². The van der Waals surface area contributed by atoms with E-state index in [1.54, 1.807) is 11.3 Å². The van der Waals surface area contributed by atoms with Crippen LogP contribution >= 0.6 is 23.1 Å². The fraction of sp³-hybridized carbons (Fsp3) is 0.455. The number of carboxylic acid groups (broad SMARTS) is 1. The molecule has 0 aliphatic rings. The van der Waals surface area contributed by atoms with Gasteiger partial charge in [0.25, 0.3) is 5.91 Å². The van der Waals surface area contributed by atoms with Crippen molar-refractivity contribution in [3.8, 4) is 0 Å². The van der Waals surface area contributed by atoms with Gasteiger partial charge < -0.3 is 10.4 Å².